The molecule has 5 nitrogen and oxygen atoms in total. The Bertz CT molecular complexity index is 527. The fourth-order valence-corrected chi connectivity index (χ4v) is 3.15. The number of carbonyl (C=O) groups excluding carboxylic acids is 2. The highest BCUT2D eigenvalue weighted by atomic mass is 16.2. The van der Waals surface area contributed by atoms with Gasteiger partial charge in [-0.15, -0.1) is 0 Å². The first-order valence-corrected chi connectivity index (χ1v) is 8.94. The molecule has 2 rings (SSSR count). The number of benzene rings is 1. The second-order valence-electron chi connectivity index (χ2n) is 6.46. The first kappa shape index (κ1) is 18.5. The van der Waals surface area contributed by atoms with Crippen LogP contribution in [0.3, 0.4) is 0 Å². The molecule has 1 atom stereocenters. The first-order valence-electron chi connectivity index (χ1n) is 8.94. The Morgan fingerprint density at radius 3 is 2.46 bits per heavy atom. The molecule has 0 unspecified atom stereocenters. The minimum absolute atomic E-state index is 0.0354. The topological polar surface area (TPSA) is 52.7 Å². The van der Waals surface area contributed by atoms with Crippen molar-refractivity contribution in [2.75, 3.05) is 33.2 Å². The van der Waals surface area contributed by atoms with E-state index in [1.54, 1.807) is 0 Å². The van der Waals surface area contributed by atoms with Gasteiger partial charge >= 0.3 is 0 Å². The lowest BCUT2D eigenvalue weighted by molar-refractivity contribution is -0.138. The van der Waals surface area contributed by atoms with Crippen LogP contribution in [0.15, 0.2) is 30.3 Å². The lowest BCUT2D eigenvalue weighted by Crippen LogP contribution is -2.46. The highest BCUT2D eigenvalue weighted by Crippen LogP contribution is 2.23. The molecule has 0 saturated carbocycles. The van der Waals surface area contributed by atoms with Crippen LogP contribution in [-0.4, -0.2) is 54.8 Å². The zero-order valence-corrected chi connectivity index (χ0v) is 14.8. The summed E-state index contributed by atoms with van der Waals surface area (Å²) < 4.78 is 0. The summed E-state index contributed by atoms with van der Waals surface area (Å²) >= 11 is 0. The minimum Gasteiger partial charge on any atom is -0.355 e. The number of nitrogens with zero attached hydrogens (tertiary/aromatic N) is 2. The minimum atomic E-state index is -0.406. The van der Waals surface area contributed by atoms with Crippen LogP contribution in [0.1, 0.15) is 44.2 Å². The van der Waals surface area contributed by atoms with Crippen LogP contribution in [0.5, 0.6) is 0 Å². The Hall–Kier alpha value is -1.88. The average molecular weight is 331 g/mol. The van der Waals surface area contributed by atoms with Gasteiger partial charge in [0.05, 0.1) is 6.54 Å². The number of rotatable bonds is 7. The third-order valence-electron chi connectivity index (χ3n) is 4.42. The zero-order valence-electron chi connectivity index (χ0n) is 14.8. The molecule has 1 aliphatic rings. The van der Waals surface area contributed by atoms with E-state index < -0.39 is 6.04 Å². The highest BCUT2D eigenvalue weighted by molar-refractivity contribution is 5.85. The fraction of sp³-hybridized carbons (Fsp3) is 0.579. The van der Waals surface area contributed by atoms with Crippen molar-refractivity contribution in [2.45, 2.75) is 38.6 Å². The van der Waals surface area contributed by atoms with Gasteiger partial charge < -0.3 is 10.2 Å². The third-order valence-corrected chi connectivity index (χ3v) is 4.42. The van der Waals surface area contributed by atoms with Crippen LogP contribution in [0, 0.1) is 0 Å². The van der Waals surface area contributed by atoms with E-state index in [-0.39, 0.29) is 18.4 Å². The molecule has 0 radical (unpaired) electrons. The lowest BCUT2D eigenvalue weighted by Gasteiger charge is -2.34. The summed E-state index contributed by atoms with van der Waals surface area (Å²) in [5, 5.41) is 2.88. The molecule has 1 aliphatic heterocycles. The standard InChI is InChI=1S/C19H29N3O2/c1-3-12-20-17(23)15-21(2)18(16-10-6-4-7-11-16)19(24)22-13-8-5-9-14-22/h4,6-7,10-11,18H,3,5,8-9,12-15H2,1-2H3,(H,20,23)/t18-/m0/s1. The molecule has 0 bridgehead atoms. The van der Waals surface area contributed by atoms with Crippen molar-refractivity contribution in [1.82, 2.24) is 15.1 Å². The third kappa shape index (κ3) is 5.06. The van der Waals surface area contributed by atoms with Gasteiger partial charge in [-0.05, 0) is 38.3 Å². The number of piperidine rings is 1. The van der Waals surface area contributed by atoms with Crippen LogP contribution in [-0.2, 0) is 9.59 Å². The summed E-state index contributed by atoms with van der Waals surface area (Å²) in [6.45, 7) is 4.55. The predicted molar refractivity (Wildman–Crippen MR) is 95.5 cm³/mol. The van der Waals surface area contributed by atoms with Gasteiger partial charge in [0.1, 0.15) is 6.04 Å². The summed E-state index contributed by atoms with van der Waals surface area (Å²) in [5.41, 5.74) is 0.943. The van der Waals surface area contributed by atoms with E-state index in [0.717, 1.165) is 37.9 Å². The first-order chi connectivity index (χ1) is 11.6. The Balaban J connectivity index is 2.13. The van der Waals surface area contributed by atoms with E-state index in [1.165, 1.54) is 6.42 Å². The van der Waals surface area contributed by atoms with Crippen LogP contribution in [0.4, 0.5) is 0 Å². The summed E-state index contributed by atoms with van der Waals surface area (Å²) in [7, 11) is 1.85. The smallest absolute Gasteiger partial charge is 0.244 e. The number of likely N-dealkylation sites (N-methyl/N-ethyl adjacent to an activating group) is 1. The summed E-state index contributed by atoms with van der Waals surface area (Å²) in [6, 6.07) is 9.35. The molecule has 24 heavy (non-hydrogen) atoms. The maximum Gasteiger partial charge on any atom is 0.244 e. The second kappa shape index (κ2) is 9.42. The molecule has 1 fully saturated rings. The SMILES string of the molecule is CCCNC(=O)CN(C)[C@H](C(=O)N1CCCCC1)c1ccccc1. The van der Waals surface area contributed by atoms with Crippen molar-refractivity contribution in [3.8, 4) is 0 Å². The largest absolute Gasteiger partial charge is 0.355 e. The maximum atomic E-state index is 13.1. The number of hydrogen-bond donors (Lipinski definition) is 1. The molecule has 1 N–H and O–H groups in total. The normalized spacial score (nSPS) is 16.0. The monoisotopic (exact) mass is 331 g/mol. The van der Waals surface area contributed by atoms with Gasteiger partial charge in [-0.1, -0.05) is 37.3 Å². The molecule has 1 heterocycles. The van der Waals surface area contributed by atoms with E-state index in [1.807, 2.05) is 54.1 Å². The number of carbonyl (C=O) groups is 2. The summed E-state index contributed by atoms with van der Waals surface area (Å²) in [6.07, 6.45) is 4.22. The van der Waals surface area contributed by atoms with Crippen molar-refractivity contribution >= 4 is 11.8 Å². The van der Waals surface area contributed by atoms with Crippen LogP contribution in [0.2, 0.25) is 0 Å². The van der Waals surface area contributed by atoms with E-state index in [0.29, 0.717) is 6.54 Å². The number of amides is 2. The van der Waals surface area contributed by atoms with Gasteiger partial charge in [0.25, 0.3) is 0 Å². The van der Waals surface area contributed by atoms with Crippen LogP contribution >= 0.6 is 0 Å². The highest BCUT2D eigenvalue weighted by Gasteiger charge is 2.30. The van der Waals surface area contributed by atoms with Crippen molar-refractivity contribution in [1.29, 1.82) is 0 Å². The number of hydrogen-bond acceptors (Lipinski definition) is 3. The van der Waals surface area contributed by atoms with Crippen LogP contribution < -0.4 is 5.32 Å². The van der Waals surface area contributed by atoms with Crippen molar-refractivity contribution < 1.29 is 9.59 Å². The molecule has 2 amide bonds. The molecule has 0 aliphatic carbocycles. The molecule has 0 aromatic heterocycles. The molecular weight excluding hydrogens is 302 g/mol. The predicted octanol–water partition coefficient (Wildman–Crippen LogP) is 2.20. The summed E-state index contributed by atoms with van der Waals surface area (Å²) in [5.74, 6) is 0.0680. The fourth-order valence-electron chi connectivity index (χ4n) is 3.15. The molecule has 132 valence electrons. The van der Waals surface area contributed by atoms with Gasteiger partial charge in [0.15, 0.2) is 0 Å². The molecule has 1 aromatic carbocycles. The van der Waals surface area contributed by atoms with Gasteiger partial charge in [0, 0.05) is 19.6 Å². The Morgan fingerprint density at radius 1 is 1.17 bits per heavy atom. The zero-order chi connectivity index (χ0) is 17.4. The van der Waals surface area contributed by atoms with E-state index in [9.17, 15) is 9.59 Å². The lowest BCUT2D eigenvalue weighted by atomic mass is 10.0. The Morgan fingerprint density at radius 2 is 1.83 bits per heavy atom. The van der Waals surface area contributed by atoms with Crippen molar-refractivity contribution in [3.05, 3.63) is 35.9 Å². The van der Waals surface area contributed by atoms with Gasteiger partial charge in [0.2, 0.25) is 11.8 Å². The number of likely N-dealkylation sites (tertiary alicyclic amines) is 1. The van der Waals surface area contributed by atoms with E-state index in [2.05, 4.69) is 5.32 Å². The second-order valence-corrected chi connectivity index (χ2v) is 6.46. The number of nitrogens with one attached hydrogen (secondary N) is 1. The van der Waals surface area contributed by atoms with Gasteiger partial charge in [-0.3, -0.25) is 14.5 Å². The van der Waals surface area contributed by atoms with Gasteiger partial charge in [-0.2, -0.15) is 0 Å². The van der Waals surface area contributed by atoms with Crippen LogP contribution in [0.25, 0.3) is 0 Å². The van der Waals surface area contributed by atoms with Crippen molar-refractivity contribution in [3.63, 3.8) is 0 Å². The molecule has 0 spiro atoms. The Kier molecular flexibility index (Phi) is 7.25. The molecule has 1 saturated heterocycles. The average Bonchev–Trinajstić information content (AvgIpc) is 2.61. The maximum absolute atomic E-state index is 13.1. The molecular formula is C19H29N3O2. The van der Waals surface area contributed by atoms with E-state index in [4.69, 9.17) is 0 Å². The quantitative estimate of drug-likeness (QED) is 0.833. The Labute approximate surface area is 145 Å². The summed E-state index contributed by atoms with van der Waals surface area (Å²) in [4.78, 5) is 29.0. The van der Waals surface area contributed by atoms with E-state index >= 15 is 0 Å². The molecule has 5 heteroatoms. The molecule has 1 aromatic rings. The van der Waals surface area contributed by atoms with Crippen molar-refractivity contribution in [2.24, 2.45) is 0 Å². The van der Waals surface area contributed by atoms with Gasteiger partial charge in [-0.25, -0.2) is 0 Å².